The number of benzene rings is 12. The molecule has 0 fully saturated rings. The Labute approximate surface area is 715 Å². The van der Waals surface area contributed by atoms with E-state index in [4.69, 9.17) is 0 Å². The second-order valence-electron chi connectivity index (χ2n) is 25.2. The van der Waals surface area contributed by atoms with E-state index in [1.165, 1.54) is 88.7 Å². The Morgan fingerprint density at radius 1 is 0.331 bits per heavy atom. The lowest BCUT2D eigenvalue weighted by Crippen LogP contribution is -2.16. The lowest BCUT2D eigenvalue weighted by molar-refractivity contribution is 0.112. The van der Waals surface area contributed by atoms with Crippen molar-refractivity contribution in [1.82, 2.24) is 0 Å². The number of carbonyl (C=O) groups is 1. The summed E-state index contributed by atoms with van der Waals surface area (Å²) in [6.07, 6.45) is 3.15. The largest absolute Gasteiger partial charge is 0.298 e. The summed E-state index contributed by atoms with van der Waals surface area (Å²) in [6, 6.07) is 95.5. The zero-order valence-corrected chi connectivity index (χ0v) is 72.9. The molecule has 0 N–H and O–H groups in total. The zero-order chi connectivity index (χ0) is 84.8. The van der Waals surface area contributed by atoms with Crippen LogP contribution in [-0.2, 0) is 86.1 Å². The van der Waals surface area contributed by atoms with Crippen molar-refractivity contribution in [2.45, 2.75) is 61.3 Å². The maximum Gasteiger partial charge on any atom is 0.226 e. The van der Waals surface area contributed by atoms with Gasteiger partial charge in [-0.15, -0.1) is 33.8 Å². The zero-order valence-electron chi connectivity index (χ0n) is 62.9. The van der Waals surface area contributed by atoms with Crippen molar-refractivity contribution in [2.24, 2.45) is 20.5 Å². The van der Waals surface area contributed by atoms with Crippen LogP contribution in [0.5, 0.6) is 0 Å². The number of aldehydes is 1. The summed E-state index contributed by atoms with van der Waals surface area (Å²) < 4.78 is 174. The predicted molar refractivity (Wildman–Crippen MR) is 480 cm³/mol. The fourth-order valence-corrected chi connectivity index (χ4v) is 24.5. The molecule has 0 saturated carbocycles. The first-order valence-corrected chi connectivity index (χ1v) is 50.4. The second-order valence-corrected chi connectivity index (χ2v) is 42.8. The summed E-state index contributed by atoms with van der Waals surface area (Å²) in [5.74, 6) is 1.89. The number of thioether (sulfide) groups is 2. The monoisotopic (exact) mass is 1800 g/mol. The van der Waals surface area contributed by atoms with Gasteiger partial charge in [0.15, 0.2) is 48.9 Å². The topological polar surface area (TPSA) is 305 Å². The molecule has 0 aliphatic carbocycles. The maximum atomic E-state index is 13.2. The van der Waals surface area contributed by atoms with Crippen LogP contribution >= 0.6 is 61.4 Å². The SMILES string of the molecule is CS(=O)(=O)c1ccc(C2=C(S(=O)(=O)c3ccccc3)N=NC2)cc1.O=Cc1ccc(CS)cc1.O=S(=O)(C(=Cc1ccc(CS)cc1)S(=O)(=O)c1ccccc1)c1ccccc1.O=S(=O)(C1=C(c2ccc(CS)cc2)CN=N1)c1ccccc1.O=S(=O)(CS(=O)(=O)c1ccccc1)c1ccccc1.c1ccc(SCSc2ccccc2)cc1. The molecule has 118 heavy (non-hydrogen) atoms. The highest BCUT2D eigenvalue weighted by molar-refractivity contribution is 8.16. The second kappa shape index (κ2) is 43.7. The Kier molecular flexibility index (Phi) is 34.1. The van der Waals surface area contributed by atoms with Gasteiger partial charge in [0.1, 0.15) is 6.29 Å². The summed E-state index contributed by atoms with van der Waals surface area (Å²) >= 11 is 16.3. The standard InChI is InChI=1S/C21H18O4S3.C16H14N2O4S2.C16H14N2O2S2.C13H12O4S2.C13H12S2.C8H8OS/c22-27(23,19-7-3-1-4-8-19)21(15-17-11-13-18(16-26)14-12-17)28(24,25)20-9-5-2-6-10-20;1-23(19,20)13-9-7-12(8-10-13)15-11-17-18-16(15)24(21,22)14-5-3-2-4-6-14;19-22(20,14-4-2-1-3-5-14)16-15(10-17-18-16)13-8-6-12(11-21)7-9-13;14-18(15,12-7-3-1-4-8-12)11-19(16,17)13-9-5-2-6-10-13;1-3-7-12(8-4-1)14-11-15-13-9-5-2-6-10-13;9-5-7-1-3-8(6-10)4-2-7/h1-15,26H,16H2;2-10H,11H2,1H3;1-9,21H,10-11H2;1-10H,11H2;1-10H,11H2;1-5,10H,6H2. The van der Waals surface area contributed by atoms with Crippen LogP contribution in [0, 0.1) is 0 Å². The molecular weight excluding hydrogens is 1730 g/mol. The summed E-state index contributed by atoms with van der Waals surface area (Å²) in [5.41, 5.74) is 6.84. The van der Waals surface area contributed by atoms with Crippen molar-refractivity contribution in [3.63, 3.8) is 0 Å². The molecule has 12 aromatic rings. The van der Waals surface area contributed by atoms with E-state index in [0.29, 0.717) is 39.3 Å². The summed E-state index contributed by atoms with van der Waals surface area (Å²) in [6.45, 7) is 0.418. The quantitative estimate of drug-likeness (QED) is 0.0219. The third-order valence-electron chi connectivity index (χ3n) is 16.9. The van der Waals surface area contributed by atoms with Crippen LogP contribution < -0.4 is 0 Å². The molecule has 0 atom stereocenters. The molecule has 0 unspecified atom stereocenters. The number of thiol groups is 3. The van der Waals surface area contributed by atoms with Crippen LogP contribution in [0.15, 0.2) is 419 Å². The molecule has 0 saturated heterocycles. The van der Waals surface area contributed by atoms with E-state index in [2.05, 4.69) is 107 Å². The van der Waals surface area contributed by atoms with Gasteiger partial charge in [0, 0.05) is 55.1 Å². The van der Waals surface area contributed by atoms with Gasteiger partial charge in [-0.25, -0.2) is 58.9 Å². The van der Waals surface area contributed by atoms with Crippen LogP contribution in [0.3, 0.4) is 0 Å². The van der Waals surface area contributed by atoms with Gasteiger partial charge in [0.05, 0.1) is 47.4 Å². The Morgan fingerprint density at radius 2 is 0.610 bits per heavy atom. The number of nitrogens with zero attached hydrogens (tertiary/aromatic N) is 4. The van der Waals surface area contributed by atoms with Crippen LogP contribution in [0.2, 0.25) is 0 Å². The molecule has 608 valence electrons. The van der Waals surface area contributed by atoms with E-state index in [0.717, 1.165) is 45.6 Å². The van der Waals surface area contributed by atoms with Gasteiger partial charge in [-0.3, -0.25) is 4.79 Å². The first kappa shape index (κ1) is 92.0. The normalized spacial score (nSPS) is 12.6. The molecule has 0 spiro atoms. The highest BCUT2D eigenvalue weighted by Gasteiger charge is 2.35. The molecule has 0 aromatic heterocycles. The number of rotatable bonds is 24. The molecule has 0 amide bonds. The van der Waals surface area contributed by atoms with Crippen LogP contribution in [0.4, 0.5) is 0 Å². The number of carbonyl (C=O) groups excluding carboxylic acids is 1. The average Bonchev–Trinajstić information content (AvgIpc) is 1.75. The fraction of sp³-hybridized carbons (Fsp3) is 0.0920. The van der Waals surface area contributed by atoms with E-state index in [1.54, 1.807) is 170 Å². The fourth-order valence-electron chi connectivity index (χ4n) is 10.7. The number of azo groups is 2. The van der Waals surface area contributed by atoms with E-state index < -0.39 is 78.2 Å². The minimum atomic E-state index is -4.26. The van der Waals surface area contributed by atoms with Crippen LogP contribution in [-0.4, -0.2) is 94.7 Å². The molecule has 31 heteroatoms. The van der Waals surface area contributed by atoms with Crippen molar-refractivity contribution in [2.75, 3.05) is 29.5 Å². The van der Waals surface area contributed by atoms with Gasteiger partial charge in [0.25, 0.3) is 0 Å². The van der Waals surface area contributed by atoms with Crippen molar-refractivity contribution in [1.29, 1.82) is 0 Å². The summed E-state index contributed by atoms with van der Waals surface area (Å²) in [5, 5.41) is 15.5. The highest BCUT2D eigenvalue weighted by atomic mass is 32.3. The van der Waals surface area contributed by atoms with E-state index in [9.17, 15) is 63.7 Å². The van der Waals surface area contributed by atoms with Gasteiger partial charge >= 0.3 is 0 Å². The average molecular weight is 1800 g/mol. The van der Waals surface area contributed by atoms with Gasteiger partial charge < -0.3 is 0 Å². The third kappa shape index (κ3) is 26.1. The van der Waals surface area contributed by atoms with Crippen molar-refractivity contribution < 1.29 is 63.7 Å². The van der Waals surface area contributed by atoms with Gasteiger partial charge in [-0.05, 0) is 149 Å². The molecule has 19 nitrogen and oxygen atoms in total. The minimum absolute atomic E-state index is 0.00880. The lowest BCUT2D eigenvalue weighted by atomic mass is 10.1. The Bertz CT molecular complexity index is 6180. The highest BCUT2D eigenvalue weighted by Crippen LogP contribution is 2.37. The van der Waals surface area contributed by atoms with Crippen molar-refractivity contribution in [3.8, 4) is 0 Å². The van der Waals surface area contributed by atoms with Gasteiger partial charge in [-0.2, -0.15) is 48.1 Å². The third-order valence-corrected chi connectivity index (χ3v) is 33.6. The molecule has 2 heterocycles. The van der Waals surface area contributed by atoms with Crippen molar-refractivity contribution in [3.05, 3.63) is 393 Å². The molecule has 14 rings (SSSR count). The van der Waals surface area contributed by atoms with Crippen LogP contribution in [0.1, 0.15) is 43.7 Å². The van der Waals surface area contributed by atoms with E-state index in [-0.39, 0.29) is 57.4 Å². The number of sulfone groups is 7. The van der Waals surface area contributed by atoms with Gasteiger partial charge in [0.2, 0.25) is 39.3 Å². The number of hydrogen-bond donors (Lipinski definition) is 3. The lowest BCUT2D eigenvalue weighted by Gasteiger charge is -2.11. The summed E-state index contributed by atoms with van der Waals surface area (Å²) in [4.78, 5) is 13.3. The Balaban J connectivity index is 0.000000165. The Hall–Kier alpha value is -9.87. The number of hydrogen-bond acceptors (Lipinski definition) is 24. The minimum Gasteiger partial charge on any atom is -0.298 e. The maximum absolute atomic E-state index is 13.2. The first-order valence-electron chi connectivity index (χ1n) is 35.4. The molecule has 12 aromatic carbocycles. The smallest absolute Gasteiger partial charge is 0.226 e. The Morgan fingerprint density at radius 3 is 0.915 bits per heavy atom. The van der Waals surface area contributed by atoms with E-state index >= 15 is 0 Å². The first-order chi connectivity index (χ1) is 56.5. The molecule has 2 aliphatic heterocycles. The summed E-state index contributed by atoms with van der Waals surface area (Å²) in [7, 11) is -27.0. The molecule has 2 aliphatic rings. The molecular formula is C87H78N4O15S12. The van der Waals surface area contributed by atoms with Crippen molar-refractivity contribution >= 4 is 154 Å². The molecule has 0 bridgehead atoms. The van der Waals surface area contributed by atoms with Gasteiger partial charge in [-0.1, -0.05) is 231 Å². The predicted octanol–water partition coefficient (Wildman–Crippen LogP) is 19.1. The molecule has 0 radical (unpaired) electrons. The van der Waals surface area contributed by atoms with Crippen LogP contribution in [0.25, 0.3) is 17.2 Å². The van der Waals surface area contributed by atoms with E-state index in [1.807, 2.05) is 72.1 Å².